The molecular formula is C18H14ClN5OS2. The van der Waals surface area contributed by atoms with Gasteiger partial charge in [0, 0.05) is 13.2 Å². The zero-order valence-corrected chi connectivity index (χ0v) is 16.6. The topological polar surface area (TPSA) is 79.8 Å². The number of amides is 1. The molecule has 2 N–H and O–H groups in total. The van der Waals surface area contributed by atoms with E-state index >= 15 is 0 Å². The van der Waals surface area contributed by atoms with E-state index in [9.17, 15) is 4.79 Å². The fourth-order valence-electron chi connectivity index (χ4n) is 2.49. The van der Waals surface area contributed by atoms with E-state index in [1.165, 1.54) is 22.7 Å². The first kappa shape index (κ1) is 17.8. The highest BCUT2D eigenvalue weighted by Crippen LogP contribution is 2.29. The number of rotatable bonds is 5. The first-order valence-electron chi connectivity index (χ1n) is 8.07. The molecule has 0 radical (unpaired) electrons. The lowest BCUT2D eigenvalue weighted by Gasteiger charge is -2.01. The smallest absolute Gasteiger partial charge is 0.261 e. The van der Waals surface area contributed by atoms with Crippen molar-refractivity contribution in [2.75, 3.05) is 12.4 Å². The Bertz CT molecular complexity index is 1120. The molecule has 3 aromatic heterocycles. The minimum atomic E-state index is -0.139. The number of benzene rings is 1. The number of hydrogen-bond donors (Lipinski definition) is 2. The highest BCUT2D eigenvalue weighted by atomic mass is 35.5. The second-order valence-electron chi connectivity index (χ2n) is 5.56. The van der Waals surface area contributed by atoms with Crippen LogP contribution < -0.4 is 10.6 Å². The van der Waals surface area contributed by atoms with Crippen LogP contribution in [-0.4, -0.2) is 27.9 Å². The van der Waals surface area contributed by atoms with Gasteiger partial charge in [-0.3, -0.25) is 4.79 Å². The summed E-state index contributed by atoms with van der Waals surface area (Å²) in [6.45, 7) is 0.360. The number of aromatic nitrogens is 3. The molecule has 0 atom stereocenters. The average molecular weight is 416 g/mol. The number of nitrogens with zero attached hydrogens (tertiary/aromatic N) is 3. The fraction of sp³-hybridized carbons (Fsp3) is 0.111. The number of hydrogen-bond acceptors (Lipinski definition) is 7. The monoisotopic (exact) mass is 415 g/mol. The average Bonchev–Trinajstić information content (AvgIpc) is 3.34. The third kappa shape index (κ3) is 3.78. The van der Waals surface area contributed by atoms with Crippen molar-refractivity contribution in [1.29, 1.82) is 0 Å². The molecule has 0 aliphatic carbocycles. The SMILES string of the molecule is CNc1nccc(-c2ccc(C(=O)NCc3nc4c(Cl)cccc4s3)s2)n1. The van der Waals surface area contributed by atoms with Crippen LogP contribution in [0.25, 0.3) is 20.8 Å². The van der Waals surface area contributed by atoms with Gasteiger partial charge in [0.05, 0.1) is 31.7 Å². The number of thiazole rings is 1. The summed E-state index contributed by atoms with van der Waals surface area (Å²) in [6.07, 6.45) is 1.69. The number of nitrogens with one attached hydrogen (secondary N) is 2. The summed E-state index contributed by atoms with van der Waals surface area (Å²) in [4.78, 5) is 27.0. The van der Waals surface area contributed by atoms with E-state index in [1.54, 1.807) is 19.3 Å². The van der Waals surface area contributed by atoms with Gasteiger partial charge in [-0.05, 0) is 30.3 Å². The van der Waals surface area contributed by atoms with E-state index < -0.39 is 0 Å². The number of para-hydroxylation sites is 1. The van der Waals surface area contributed by atoms with Crippen LogP contribution in [0.1, 0.15) is 14.7 Å². The van der Waals surface area contributed by atoms with Gasteiger partial charge in [-0.25, -0.2) is 15.0 Å². The molecular weight excluding hydrogens is 402 g/mol. The van der Waals surface area contributed by atoms with Crippen molar-refractivity contribution >= 4 is 56.3 Å². The van der Waals surface area contributed by atoms with E-state index in [4.69, 9.17) is 11.6 Å². The maximum Gasteiger partial charge on any atom is 0.261 e. The van der Waals surface area contributed by atoms with E-state index in [2.05, 4.69) is 25.6 Å². The van der Waals surface area contributed by atoms with Gasteiger partial charge in [0.1, 0.15) is 10.5 Å². The molecule has 1 amide bonds. The summed E-state index contributed by atoms with van der Waals surface area (Å²) >= 11 is 9.07. The predicted octanol–water partition coefficient (Wildman–Crippen LogP) is 4.44. The normalized spacial score (nSPS) is 10.9. The first-order chi connectivity index (χ1) is 13.1. The molecule has 27 heavy (non-hydrogen) atoms. The largest absolute Gasteiger partial charge is 0.357 e. The molecule has 0 spiro atoms. The van der Waals surface area contributed by atoms with Crippen molar-refractivity contribution in [3.63, 3.8) is 0 Å². The van der Waals surface area contributed by atoms with Crippen LogP contribution >= 0.6 is 34.3 Å². The molecule has 9 heteroatoms. The second kappa shape index (κ2) is 7.59. The second-order valence-corrected chi connectivity index (χ2v) is 8.16. The maximum atomic E-state index is 12.5. The van der Waals surface area contributed by atoms with Crippen LogP contribution in [0.4, 0.5) is 5.95 Å². The standard InChI is InChI=1S/C18H14ClN5OS2/c1-20-18-21-8-7-11(23-18)12-5-6-14(26-12)17(25)22-9-15-24-16-10(19)3-2-4-13(16)27-15/h2-8H,9H2,1H3,(H,22,25)(H,20,21,23). The highest BCUT2D eigenvalue weighted by Gasteiger charge is 2.13. The first-order valence-corrected chi connectivity index (χ1v) is 10.1. The third-order valence-corrected chi connectivity index (χ3v) is 6.21. The minimum absolute atomic E-state index is 0.139. The number of halogens is 1. The predicted molar refractivity (Wildman–Crippen MR) is 111 cm³/mol. The molecule has 0 fully saturated rings. The summed E-state index contributed by atoms with van der Waals surface area (Å²) in [5.74, 6) is 0.404. The van der Waals surface area contributed by atoms with Crippen molar-refractivity contribution in [2.24, 2.45) is 0 Å². The molecule has 0 bridgehead atoms. The van der Waals surface area contributed by atoms with Gasteiger partial charge in [-0.1, -0.05) is 17.7 Å². The maximum absolute atomic E-state index is 12.5. The Hall–Kier alpha value is -2.55. The highest BCUT2D eigenvalue weighted by molar-refractivity contribution is 7.18. The summed E-state index contributed by atoms with van der Waals surface area (Å²) < 4.78 is 1.01. The lowest BCUT2D eigenvalue weighted by atomic mass is 10.3. The van der Waals surface area contributed by atoms with E-state index in [0.29, 0.717) is 22.4 Å². The molecule has 4 aromatic rings. The summed E-state index contributed by atoms with van der Waals surface area (Å²) in [5.41, 5.74) is 1.55. The molecule has 136 valence electrons. The van der Waals surface area contributed by atoms with Crippen molar-refractivity contribution in [3.8, 4) is 10.6 Å². The van der Waals surface area contributed by atoms with E-state index in [0.717, 1.165) is 25.8 Å². The molecule has 3 heterocycles. The molecule has 0 unspecified atom stereocenters. The van der Waals surface area contributed by atoms with Crippen molar-refractivity contribution in [1.82, 2.24) is 20.3 Å². The van der Waals surface area contributed by atoms with E-state index in [-0.39, 0.29) is 5.91 Å². The van der Waals surface area contributed by atoms with Crippen LogP contribution in [-0.2, 0) is 6.54 Å². The molecule has 6 nitrogen and oxygen atoms in total. The van der Waals surface area contributed by atoms with Gasteiger partial charge in [-0.15, -0.1) is 22.7 Å². The minimum Gasteiger partial charge on any atom is -0.357 e. The zero-order valence-electron chi connectivity index (χ0n) is 14.2. The number of fused-ring (bicyclic) bond motifs is 1. The molecule has 4 rings (SSSR count). The molecule has 0 saturated carbocycles. The van der Waals surface area contributed by atoms with Gasteiger partial charge in [0.15, 0.2) is 0 Å². The zero-order chi connectivity index (χ0) is 18.8. The van der Waals surface area contributed by atoms with Gasteiger partial charge in [0.25, 0.3) is 5.91 Å². The summed E-state index contributed by atoms with van der Waals surface area (Å²) in [6, 6.07) is 11.2. The van der Waals surface area contributed by atoms with Gasteiger partial charge in [0.2, 0.25) is 5.95 Å². The van der Waals surface area contributed by atoms with Crippen LogP contribution in [0.3, 0.4) is 0 Å². The fourth-order valence-corrected chi connectivity index (χ4v) is 4.59. The van der Waals surface area contributed by atoms with Crippen LogP contribution in [0, 0.1) is 0 Å². The van der Waals surface area contributed by atoms with Crippen LogP contribution in [0.15, 0.2) is 42.6 Å². The number of thiophene rings is 1. The Morgan fingerprint density at radius 1 is 1.15 bits per heavy atom. The number of carbonyl (C=O) groups is 1. The third-order valence-electron chi connectivity index (χ3n) is 3.78. The number of anilines is 1. The molecule has 0 aliphatic rings. The number of carbonyl (C=O) groups excluding carboxylic acids is 1. The Kier molecular flexibility index (Phi) is 5.02. The molecule has 0 aliphatic heterocycles. The van der Waals surface area contributed by atoms with E-state index in [1.807, 2.05) is 30.3 Å². The summed E-state index contributed by atoms with van der Waals surface area (Å²) in [7, 11) is 1.77. The van der Waals surface area contributed by atoms with Crippen LogP contribution in [0.2, 0.25) is 5.02 Å². The molecule has 0 saturated heterocycles. The Balaban J connectivity index is 1.46. The van der Waals surface area contributed by atoms with Crippen molar-refractivity contribution in [3.05, 3.63) is 57.5 Å². The van der Waals surface area contributed by atoms with Crippen LogP contribution in [0.5, 0.6) is 0 Å². The quantitative estimate of drug-likeness (QED) is 0.503. The van der Waals surface area contributed by atoms with Gasteiger partial charge < -0.3 is 10.6 Å². The van der Waals surface area contributed by atoms with Crippen molar-refractivity contribution in [2.45, 2.75) is 6.54 Å². The Morgan fingerprint density at radius 3 is 2.85 bits per heavy atom. The summed E-state index contributed by atoms with van der Waals surface area (Å²) in [5, 5.41) is 7.26. The van der Waals surface area contributed by atoms with Gasteiger partial charge >= 0.3 is 0 Å². The van der Waals surface area contributed by atoms with Gasteiger partial charge in [-0.2, -0.15) is 0 Å². The van der Waals surface area contributed by atoms with Crippen molar-refractivity contribution < 1.29 is 4.79 Å². The Labute approximate surface area is 168 Å². The molecule has 1 aromatic carbocycles. The Morgan fingerprint density at radius 2 is 2.04 bits per heavy atom. The lowest BCUT2D eigenvalue weighted by molar-refractivity contribution is 0.0955. The lowest BCUT2D eigenvalue weighted by Crippen LogP contribution is -2.21.